The molecule has 0 unspecified atom stereocenters. The van der Waals surface area contributed by atoms with Crippen LogP contribution in [0.15, 0.2) is 89.1 Å². The SMILES string of the molecule is CC(C=CC1=C(C)CCCC1(C)C)=CC=CC(C)=CC[CH]c1ccccc1. The molecule has 0 amide bonds. The first-order chi connectivity index (χ1) is 12.9. The second-order valence-corrected chi connectivity index (χ2v) is 8.33. The Morgan fingerprint density at radius 3 is 2.48 bits per heavy atom. The maximum Gasteiger partial charge on any atom is -0.00553 e. The van der Waals surface area contributed by atoms with E-state index in [0.29, 0.717) is 5.41 Å². The summed E-state index contributed by atoms with van der Waals surface area (Å²) in [4.78, 5) is 0. The quantitative estimate of drug-likeness (QED) is 0.431. The Bertz CT molecular complexity index is 748. The second kappa shape index (κ2) is 10.3. The first kappa shape index (κ1) is 21.2. The molecule has 27 heavy (non-hydrogen) atoms. The molecule has 0 heterocycles. The molecule has 2 rings (SSSR count). The van der Waals surface area contributed by atoms with E-state index in [0.717, 1.165) is 6.42 Å². The highest BCUT2D eigenvalue weighted by molar-refractivity contribution is 5.37. The number of allylic oxidation sites excluding steroid dienone is 10. The van der Waals surface area contributed by atoms with Gasteiger partial charge >= 0.3 is 0 Å². The van der Waals surface area contributed by atoms with E-state index in [2.05, 4.69) is 108 Å². The molecule has 0 N–H and O–H groups in total. The summed E-state index contributed by atoms with van der Waals surface area (Å²) in [6.07, 6.45) is 20.5. The van der Waals surface area contributed by atoms with E-state index in [4.69, 9.17) is 0 Å². The highest BCUT2D eigenvalue weighted by Crippen LogP contribution is 2.40. The van der Waals surface area contributed by atoms with Crippen molar-refractivity contribution in [2.24, 2.45) is 5.41 Å². The molecule has 1 aromatic rings. The summed E-state index contributed by atoms with van der Waals surface area (Å²) < 4.78 is 0. The molecular weight excluding hydrogens is 324 g/mol. The van der Waals surface area contributed by atoms with Crippen LogP contribution in [0.4, 0.5) is 0 Å². The fourth-order valence-corrected chi connectivity index (χ4v) is 3.67. The van der Waals surface area contributed by atoms with Crippen LogP contribution in [-0.4, -0.2) is 0 Å². The van der Waals surface area contributed by atoms with Crippen molar-refractivity contribution in [3.05, 3.63) is 101 Å². The molecule has 1 radical (unpaired) electrons. The summed E-state index contributed by atoms with van der Waals surface area (Å²) >= 11 is 0. The maximum absolute atomic E-state index is 2.37. The van der Waals surface area contributed by atoms with Crippen molar-refractivity contribution < 1.29 is 0 Å². The average molecular weight is 360 g/mol. The lowest BCUT2D eigenvalue weighted by molar-refractivity contribution is 0.377. The molecule has 0 aliphatic heterocycles. The molecule has 1 aliphatic carbocycles. The van der Waals surface area contributed by atoms with Crippen molar-refractivity contribution in [2.75, 3.05) is 0 Å². The third kappa shape index (κ3) is 7.21. The van der Waals surface area contributed by atoms with Gasteiger partial charge in [0.25, 0.3) is 0 Å². The van der Waals surface area contributed by atoms with Crippen LogP contribution in [0.2, 0.25) is 0 Å². The number of rotatable bonds is 7. The maximum atomic E-state index is 2.37. The zero-order valence-corrected chi connectivity index (χ0v) is 17.8. The van der Waals surface area contributed by atoms with Crippen LogP contribution >= 0.6 is 0 Å². The molecule has 0 spiro atoms. The van der Waals surface area contributed by atoms with Gasteiger partial charge in [-0.25, -0.2) is 0 Å². The molecule has 1 aromatic carbocycles. The minimum Gasteiger partial charge on any atom is -0.0810 e. The lowest BCUT2D eigenvalue weighted by Gasteiger charge is -2.32. The summed E-state index contributed by atoms with van der Waals surface area (Å²) in [5.74, 6) is 0. The standard InChI is InChI=1S/C27H35/c1-22(14-10-18-25-16-7-6-8-17-25)12-9-13-23(2)19-20-26-24(3)15-11-21-27(26,4)5/h6-9,12-14,16-20H,10-11,15,21H2,1-5H3. The van der Waals surface area contributed by atoms with E-state index >= 15 is 0 Å². The Morgan fingerprint density at radius 1 is 1.04 bits per heavy atom. The number of hydrogen-bond acceptors (Lipinski definition) is 0. The van der Waals surface area contributed by atoms with Gasteiger partial charge in [0.05, 0.1) is 0 Å². The Labute approximate surface area is 167 Å². The van der Waals surface area contributed by atoms with Crippen molar-refractivity contribution in [3.63, 3.8) is 0 Å². The highest BCUT2D eigenvalue weighted by Gasteiger charge is 2.26. The second-order valence-electron chi connectivity index (χ2n) is 8.33. The smallest absolute Gasteiger partial charge is 0.00553 e. The van der Waals surface area contributed by atoms with Crippen LogP contribution in [0.3, 0.4) is 0 Å². The van der Waals surface area contributed by atoms with Gasteiger partial charge in [-0.05, 0) is 69.4 Å². The van der Waals surface area contributed by atoms with Crippen LogP contribution in [0, 0.1) is 11.8 Å². The van der Waals surface area contributed by atoms with Crippen LogP contribution in [0.1, 0.15) is 65.9 Å². The summed E-state index contributed by atoms with van der Waals surface area (Å²) in [5, 5.41) is 0. The van der Waals surface area contributed by atoms with Crippen molar-refractivity contribution >= 4 is 0 Å². The Kier molecular flexibility index (Phi) is 8.10. The van der Waals surface area contributed by atoms with Gasteiger partial charge in [-0.2, -0.15) is 0 Å². The fourth-order valence-electron chi connectivity index (χ4n) is 3.67. The summed E-state index contributed by atoms with van der Waals surface area (Å²) in [7, 11) is 0. The van der Waals surface area contributed by atoms with Gasteiger partial charge in [0.2, 0.25) is 0 Å². The Hall–Kier alpha value is -2.08. The predicted octanol–water partition coefficient (Wildman–Crippen LogP) is 8.16. The van der Waals surface area contributed by atoms with Gasteiger partial charge in [-0.1, -0.05) is 97.4 Å². The Morgan fingerprint density at radius 2 is 1.78 bits per heavy atom. The first-order valence-corrected chi connectivity index (χ1v) is 10.2. The number of benzene rings is 1. The van der Waals surface area contributed by atoms with Crippen LogP contribution in [-0.2, 0) is 0 Å². The monoisotopic (exact) mass is 359 g/mol. The minimum atomic E-state index is 0.309. The van der Waals surface area contributed by atoms with Crippen LogP contribution in [0.5, 0.6) is 0 Å². The van der Waals surface area contributed by atoms with Gasteiger partial charge in [0.1, 0.15) is 0 Å². The summed E-state index contributed by atoms with van der Waals surface area (Å²) in [6, 6.07) is 10.5. The average Bonchev–Trinajstić information content (AvgIpc) is 2.61. The molecule has 0 aromatic heterocycles. The van der Waals surface area contributed by atoms with Crippen molar-refractivity contribution in [3.8, 4) is 0 Å². The molecule has 0 saturated heterocycles. The normalized spacial score (nSPS) is 18.7. The van der Waals surface area contributed by atoms with Crippen molar-refractivity contribution in [1.29, 1.82) is 0 Å². The minimum absolute atomic E-state index is 0.309. The molecular formula is C27H35. The molecule has 0 atom stereocenters. The van der Waals surface area contributed by atoms with E-state index in [9.17, 15) is 0 Å². The molecule has 1 aliphatic rings. The zero-order valence-electron chi connectivity index (χ0n) is 17.8. The molecule has 0 nitrogen and oxygen atoms in total. The van der Waals surface area contributed by atoms with Gasteiger partial charge < -0.3 is 0 Å². The van der Waals surface area contributed by atoms with Gasteiger partial charge in [-0.3, -0.25) is 0 Å². The molecule has 0 fully saturated rings. The van der Waals surface area contributed by atoms with E-state index in [1.165, 1.54) is 41.5 Å². The van der Waals surface area contributed by atoms with E-state index in [1.54, 1.807) is 5.57 Å². The van der Waals surface area contributed by atoms with Crippen LogP contribution in [0.25, 0.3) is 0 Å². The number of hydrogen-bond donors (Lipinski definition) is 0. The largest absolute Gasteiger partial charge is 0.0810 e. The topological polar surface area (TPSA) is 0 Å². The van der Waals surface area contributed by atoms with Gasteiger partial charge in [-0.15, -0.1) is 0 Å². The molecule has 143 valence electrons. The molecule has 0 heteroatoms. The third-order valence-electron chi connectivity index (χ3n) is 5.37. The van der Waals surface area contributed by atoms with E-state index in [-0.39, 0.29) is 0 Å². The van der Waals surface area contributed by atoms with Crippen molar-refractivity contribution in [2.45, 2.75) is 60.3 Å². The molecule has 0 saturated carbocycles. The lowest BCUT2D eigenvalue weighted by Crippen LogP contribution is -2.19. The van der Waals surface area contributed by atoms with Crippen LogP contribution < -0.4 is 0 Å². The highest BCUT2D eigenvalue weighted by atomic mass is 14.3. The van der Waals surface area contributed by atoms with E-state index in [1.807, 2.05) is 0 Å². The zero-order chi connectivity index (χ0) is 19.7. The first-order valence-electron chi connectivity index (χ1n) is 10.2. The summed E-state index contributed by atoms with van der Waals surface area (Å²) in [5.41, 5.74) is 7.25. The van der Waals surface area contributed by atoms with Gasteiger partial charge in [0, 0.05) is 0 Å². The third-order valence-corrected chi connectivity index (χ3v) is 5.37. The van der Waals surface area contributed by atoms with E-state index < -0.39 is 0 Å². The molecule has 0 bridgehead atoms. The van der Waals surface area contributed by atoms with Gasteiger partial charge in [0.15, 0.2) is 0 Å². The lowest BCUT2D eigenvalue weighted by atomic mass is 9.72. The fraction of sp³-hybridized carbons (Fsp3) is 0.370. The Balaban J connectivity index is 1.89. The predicted molar refractivity (Wildman–Crippen MR) is 121 cm³/mol. The summed E-state index contributed by atoms with van der Waals surface area (Å²) in [6.45, 7) is 11.4. The van der Waals surface area contributed by atoms with Crippen molar-refractivity contribution in [1.82, 2.24) is 0 Å².